The first-order chi connectivity index (χ1) is 5.16. The van der Waals surface area contributed by atoms with Crippen LogP contribution in [0.5, 0.6) is 0 Å². The molecule has 1 rings (SSSR count). The Hall–Kier alpha value is -0.700. The Balaban J connectivity index is 2.61. The summed E-state index contributed by atoms with van der Waals surface area (Å²) in [6, 6.07) is -0.234. The Bertz CT molecular complexity index is 179. The van der Waals surface area contributed by atoms with Crippen LogP contribution < -0.4 is 5.32 Å². The third-order valence-corrected chi connectivity index (χ3v) is 2.51. The van der Waals surface area contributed by atoms with Crippen LogP contribution in [-0.4, -0.2) is 24.7 Å². The minimum Gasteiger partial charge on any atom is -0.307 e. The van der Waals surface area contributed by atoms with Gasteiger partial charge >= 0.3 is 0 Å². The van der Waals surface area contributed by atoms with Gasteiger partial charge in [0.2, 0.25) is 5.78 Å². The van der Waals surface area contributed by atoms with Gasteiger partial charge in [0.1, 0.15) is 0 Å². The van der Waals surface area contributed by atoms with E-state index >= 15 is 0 Å². The number of ketones is 1. The fraction of sp³-hybridized carbons (Fsp3) is 0.750. The Kier molecular flexibility index (Phi) is 2.39. The zero-order valence-corrected chi connectivity index (χ0v) is 6.83. The Morgan fingerprint density at radius 3 is 2.55 bits per heavy atom. The van der Waals surface area contributed by atoms with Crippen LogP contribution in [0.3, 0.4) is 0 Å². The van der Waals surface area contributed by atoms with Crippen LogP contribution in [0.1, 0.15) is 13.8 Å². The molecule has 3 unspecified atom stereocenters. The molecule has 1 saturated heterocycles. The predicted molar refractivity (Wildman–Crippen MR) is 41.2 cm³/mol. The summed E-state index contributed by atoms with van der Waals surface area (Å²) < 4.78 is 0. The number of hydrogen-bond donors (Lipinski definition) is 1. The lowest BCUT2D eigenvalue weighted by molar-refractivity contribution is -0.131. The summed E-state index contributed by atoms with van der Waals surface area (Å²) in [6.45, 7) is 4.91. The molecule has 1 N–H and O–H groups in total. The summed E-state index contributed by atoms with van der Waals surface area (Å²) in [7, 11) is 0. The molecule has 3 atom stereocenters. The third kappa shape index (κ3) is 1.48. The second-order valence-electron chi connectivity index (χ2n) is 3.24. The highest BCUT2D eigenvalue weighted by Gasteiger charge is 2.33. The number of Topliss-reactive ketones (excluding diaryl/α,β-unsaturated/α-hetero) is 1. The zero-order chi connectivity index (χ0) is 8.43. The number of carbonyl (C=O) groups excluding carboxylic acids is 2. The molecule has 3 nitrogen and oxygen atoms in total. The average molecular weight is 155 g/mol. The monoisotopic (exact) mass is 155 g/mol. The van der Waals surface area contributed by atoms with Gasteiger partial charge in [-0.05, 0) is 18.4 Å². The second-order valence-corrected chi connectivity index (χ2v) is 3.24. The molecular weight excluding hydrogens is 142 g/mol. The molecule has 1 aliphatic rings. The number of nitrogens with one attached hydrogen (secondary N) is 1. The van der Waals surface area contributed by atoms with Crippen molar-refractivity contribution >= 4 is 12.1 Å². The van der Waals surface area contributed by atoms with Crippen molar-refractivity contribution in [3.63, 3.8) is 0 Å². The van der Waals surface area contributed by atoms with E-state index < -0.39 is 0 Å². The van der Waals surface area contributed by atoms with Crippen LogP contribution in [-0.2, 0) is 9.59 Å². The van der Waals surface area contributed by atoms with Crippen molar-refractivity contribution in [1.29, 1.82) is 0 Å². The maximum Gasteiger partial charge on any atom is 0.212 e. The molecule has 0 aromatic carbocycles. The van der Waals surface area contributed by atoms with E-state index in [0.29, 0.717) is 12.2 Å². The average Bonchev–Trinajstić information content (AvgIpc) is 2.32. The van der Waals surface area contributed by atoms with Gasteiger partial charge in [-0.15, -0.1) is 0 Å². The summed E-state index contributed by atoms with van der Waals surface area (Å²) in [5.41, 5.74) is 0. The van der Waals surface area contributed by atoms with E-state index in [-0.39, 0.29) is 17.7 Å². The van der Waals surface area contributed by atoms with Gasteiger partial charge in [-0.25, -0.2) is 0 Å². The van der Waals surface area contributed by atoms with Gasteiger partial charge in [-0.2, -0.15) is 0 Å². The van der Waals surface area contributed by atoms with Crippen molar-refractivity contribution in [2.45, 2.75) is 19.9 Å². The maximum absolute atomic E-state index is 10.9. The minimum absolute atomic E-state index is 0.234. The number of carbonyl (C=O) groups is 2. The normalized spacial score (nSPS) is 37.1. The molecule has 62 valence electrons. The van der Waals surface area contributed by atoms with E-state index in [1.54, 1.807) is 0 Å². The molecule has 0 saturated carbocycles. The molecule has 1 heterocycles. The summed E-state index contributed by atoms with van der Waals surface area (Å²) in [5.74, 6) is 0.457. The van der Waals surface area contributed by atoms with E-state index in [1.165, 1.54) is 0 Å². The van der Waals surface area contributed by atoms with E-state index in [4.69, 9.17) is 0 Å². The van der Waals surface area contributed by atoms with Gasteiger partial charge in [0, 0.05) is 0 Å². The van der Waals surface area contributed by atoms with Crippen molar-refractivity contribution in [2.75, 3.05) is 6.54 Å². The number of rotatable bonds is 2. The predicted octanol–water partition coefficient (Wildman–Crippen LogP) is -0.00160. The Morgan fingerprint density at radius 1 is 1.55 bits per heavy atom. The summed E-state index contributed by atoms with van der Waals surface area (Å²) >= 11 is 0. The standard InChI is InChI=1S/C8H13NO2/c1-5-3-9-8(6(5)2)7(11)4-10/h4-6,8-9H,3H2,1-2H3. The van der Waals surface area contributed by atoms with E-state index in [1.807, 2.05) is 6.92 Å². The van der Waals surface area contributed by atoms with Gasteiger partial charge in [-0.1, -0.05) is 13.8 Å². The molecule has 1 fully saturated rings. The quantitative estimate of drug-likeness (QED) is 0.451. The molecule has 0 aromatic rings. The number of hydrogen-bond acceptors (Lipinski definition) is 3. The van der Waals surface area contributed by atoms with Crippen LogP contribution in [0.2, 0.25) is 0 Å². The molecule has 0 bridgehead atoms. The largest absolute Gasteiger partial charge is 0.307 e. The number of aldehydes is 1. The molecule has 0 spiro atoms. The Labute approximate surface area is 66.2 Å². The minimum atomic E-state index is -0.318. The van der Waals surface area contributed by atoms with Crippen molar-refractivity contribution in [3.05, 3.63) is 0 Å². The van der Waals surface area contributed by atoms with E-state index in [9.17, 15) is 9.59 Å². The SMILES string of the molecule is CC1CNC(C(=O)C=O)C1C. The van der Waals surface area contributed by atoms with Gasteiger partial charge in [0.15, 0.2) is 6.29 Å². The van der Waals surface area contributed by atoms with Gasteiger partial charge in [-0.3, -0.25) is 9.59 Å². The summed E-state index contributed by atoms with van der Waals surface area (Å²) in [4.78, 5) is 21.1. The summed E-state index contributed by atoms with van der Waals surface area (Å²) in [6.07, 6.45) is 0.409. The molecule has 1 aliphatic heterocycles. The van der Waals surface area contributed by atoms with Crippen molar-refractivity contribution in [2.24, 2.45) is 11.8 Å². The molecular formula is C8H13NO2. The van der Waals surface area contributed by atoms with Crippen LogP contribution >= 0.6 is 0 Å². The first kappa shape index (κ1) is 8.40. The van der Waals surface area contributed by atoms with Gasteiger partial charge in [0.25, 0.3) is 0 Å². The van der Waals surface area contributed by atoms with Crippen LogP contribution in [0.4, 0.5) is 0 Å². The van der Waals surface area contributed by atoms with Crippen LogP contribution in [0.15, 0.2) is 0 Å². The van der Waals surface area contributed by atoms with Crippen molar-refractivity contribution < 1.29 is 9.59 Å². The lowest BCUT2D eigenvalue weighted by Gasteiger charge is -2.12. The molecule has 0 aromatic heterocycles. The second kappa shape index (κ2) is 3.13. The Morgan fingerprint density at radius 2 is 2.18 bits per heavy atom. The van der Waals surface area contributed by atoms with E-state index in [2.05, 4.69) is 12.2 Å². The molecule has 0 amide bonds. The van der Waals surface area contributed by atoms with Crippen molar-refractivity contribution in [3.8, 4) is 0 Å². The fourth-order valence-corrected chi connectivity index (χ4v) is 1.45. The highest BCUT2D eigenvalue weighted by molar-refractivity contribution is 6.27. The van der Waals surface area contributed by atoms with E-state index in [0.717, 1.165) is 6.54 Å². The molecule has 11 heavy (non-hydrogen) atoms. The maximum atomic E-state index is 10.9. The summed E-state index contributed by atoms with van der Waals surface area (Å²) in [5, 5.41) is 3.03. The van der Waals surface area contributed by atoms with Gasteiger partial charge in [0.05, 0.1) is 6.04 Å². The smallest absolute Gasteiger partial charge is 0.212 e. The van der Waals surface area contributed by atoms with Crippen molar-refractivity contribution in [1.82, 2.24) is 5.32 Å². The first-order valence-electron chi connectivity index (χ1n) is 3.89. The third-order valence-electron chi connectivity index (χ3n) is 2.51. The lowest BCUT2D eigenvalue weighted by atomic mass is 9.92. The molecule has 0 radical (unpaired) electrons. The highest BCUT2D eigenvalue weighted by atomic mass is 16.2. The fourth-order valence-electron chi connectivity index (χ4n) is 1.45. The molecule has 3 heteroatoms. The van der Waals surface area contributed by atoms with Crippen LogP contribution in [0.25, 0.3) is 0 Å². The molecule has 0 aliphatic carbocycles. The van der Waals surface area contributed by atoms with Gasteiger partial charge < -0.3 is 5.32 Å². The van der Waals surface area contributed by atoms with Crippen LogP contribution in [0, 0.1) is 11.8 Å². The first-order valence-corrected chi connectivity index (χ1v) is 3.89. The highest BCUT2D eigenvalue weighted by Crippen LogP contribution is 2.21. The lowest BCUT2D eigenvalue weighted by Crippen LogP contribution is -2.35. The topological polar surface area (TPSA) is 46.2 Å². The zero-order valence-electron chi connectivity index (χ0n) is 6.83.